The molecule has 0 aliphatic carbocycles. The molecule has 1 fully saturated rings. The van der Waals surface area contributed by atoms with E-state index in [0.717, 1.165) is 11.5 Å². The van der Waals surface area contributed by atoms with Gasteiger partial charge in [0.15, 0.2) is 6.61 Å². The number of hydrogen-bond acceptors (Lipinski definition) is 6. The molecule has 0 spiro atoms. The Morgan fingerprint density at radius 3 is 2.56 bits per heavy atom. The highest BCUT2D eigenvalue weighted by molar-refractivity contribution is 5.94. The van der Waals surface area contributed by atoms with Crippen molar-refractivity contribution >= 4 is 23.3 Å². The van der Waals surface area contributed by atoms with Crippen molar-refractivity contribution in [1.82, 2.24) is 14.3 Å². The maximum Gasteiger partial charge on any atom is 0.341 e. The number of benzene rings is 1. The summed E-state index contributed by atoms with van der Waals surface area (Å²) in [5.41, 5.74) is 0.366. The lowest BCUT2D eigenvalue weighted by Crippen LogP contribution is -2.51. The number of ether oxygens (including phenoxy) is 1. The zero-order valence-electron chi connectivity index (χ0n) is 17.8. The van der Waals surface area contributed by atoms with Crippen LogP contribution >= 0.6 is 0 Å². The molecule has 1 aromatic carbocycles. The predicted molar refractivity (Wildman–Crippen MR) is 118 cm³/mol. The summed E-state index contributed by atoms with van der Waals surface area (Å²) in [6.07, 6.45) is 4.77. The van der Waals surface area contributed by atoms with Crippen LogP contribution in [0.4, 0.5) is 5.82 Å². The number of likely N-dealkylation sites (N-methyl/N-ethyl adjacent to an activating group) is 1. The van der Waals surface area contributed by atoms with Crippen LogP contribution in [-0.2, 0) is 4.79 Å². The second kappa shape index (κ2) is 8.88. The van der Waals surface area contributed by atoms with E-state index in [0.29, 0.717) is 37.2 Å². The Balaban J connectivity index is 1.35. The Bertz CT molecular complexity index is 1100. The first-order valence-corrected chi connectivity index (χ1v) is 10.4. The van der Waals surface area contributed by atoms with Gasteiger partial charge in [-0.1, -0.05) is 6.07 Å². The number of anilines is 1. The first kappa shape index (κ1) is 21.6. The van der Waals surface area contributed by atoms with Crippen LogP contribution in [0.15, 0.2) is 54.9 Å². The molecule has 3 aromatic rings. The number of piperidine rings is 1. The quantitative estimate of drug-likeness (QED) is 0.580. The Kier molecular flexibility index (Phi) is 6.00. The zero-order chi connectivity index (χ0) is 22.7. The van der Waals surface area contributed by atoms with Gasteiger partial charge < -0.3 is 24.7 Å². The van der Waals surface area contributed by atoms with Crippen molar-refractivity contribution in [2.24, 2.45) is 0 Å². The minimum atomic E-state index is -1.06. The van der Waals surface area contributed by atoms with Crippen molar-refractivity contribution in [1.29, 1.82) is 0 Å². The van der Waals surface area contributed by atoms with Gasteiger partial charge in [-0.15, -0.1) is 0 Å². The van der Waals surface area contributed by atoms with Gasteiger partial charge >= 0.3 is 5.97 Å². The summed E-state index contributed by atoms with van der Waals surface area (Å²) >= 11 is 0. The number of rotatable bonds is 7. The van der Waals surface area contributed by atoms with Crippen molar-refractivity contribution in [2.75, 3.05) is 38.2 Å². The summed E-state index contributed by atoms with van der Waals surface area (Å²) < 4.78 is 7.13. The molecule has 4 rings (SSSR count). The lowest BCUT2D eigenvalue weighted by atomic mass is 9.90. The van der Waals surface area contributed by atoms with E-state index in [-0.39, 0.29) is 12.5 Å². The number of amides is 1. The second-order valence-electron chi connectivity index (χ2n) is 8.12. The third-order valence-electron chi connectivity index (χ3n) is 5.77. The van der Waals surface area contributed by atoms with Gasteiger partial charge in [0.2, 0.25) is 0 Å². The molecular formula is C23H26N4O5. The first-order chi connectivity index (χ1) is 15.3. The molecule has 0 radical (unpaired) electrons. The van der Waals surface area contributed by atoms with E-state index in [1.54, 1.807) is 37.5 Å². The molecular weight excluding hydrogens is 412 g/mol. The molecule has 9 heteroatoms. The van der Waals surface area contributed by atoms with Crippen molar-refractivity contribution in [3.63, 3.8) is 0 Å². The van der Waals surface area contributed by atoms with E-state index in [1.807, 2.05) is 28.8 Å². The Labute approximate surface area is 185 Å². The number of carbonyl (C=O) groups excluding carboxylic acids is 1. The molecule has 1 amide bonds. The van der Waals surface area contributed by atoms with Gasteiger partial charge in [-0.05, 0) is 49.2 Å². The fourth-order valence-corrected chi connectivity index (χ4v) is 4.07. The van der Waals surface area contributed by atoms with Gasteiger partial charge in [-0.25, -0.2) is 9.78 Å². The van der Waals surface area contributed by atoms with E-state index >= 15 is 0 Å². The van der Waals surface area contributed by atoms with Crippen molar-refractivity contribution in [3.05, 3.63) is 60.4 Å². The molecule has 32 heavy (non-hydrogen) atoms. The molecule has 9 nitrogen and oxygen atoms in total. The highest BCUT2D eigenvalue weighted by Gasteiger charge is 2.35. The maximum atomic E-state index is 12.8. The van der Waals surface area contributed by atoms with Crippen molar-refractivity contribution in [3.8, 4) is 5.75 Å². The van der Waals surface area contributed by atoms with E-state index in [1.165, 1.54) is 4.90 Å². The van der Waals surface area contributed by atoms with Gasteiger partial charge in [0.1, 0.15) is 17.2 Å². The molecule has 2 N–H and O–H groups in total. The molecule has 1 aliphatic rings. The number of hydrogen-bond donors (Lipinski definition) is 2. The maximum absolute atomic E-state index is 12.8. The van der Waals surface area contributed by atoms with Gasteiger partial charge in [-0.2, -0.15) is 0 Å². The van der Waals surface area contributed by atoms with E-state index < -0.39 is 18.2 Å². The molecule has 0 atom stereocenters. The summed E-state index contributed by atoms with van der Waals surface area (Å²) in [7, 11) is 1.67. The molecule has 0 saturated carbocycles. The van der Waals surface area contributed by atoms with Crippen LogP contribution < -0.4 is 9.64 Å². The number of nitrogens with zero attached hydrogens (tertiary/aromatic N) is 4. The molecule has 168 valence electrons. The molecule has 2 aromatic heterocycles. The number of imidazole rings is 1. The summed E-state index contributed by atoms with van der Waals surface area (Å²) in [6.45, 7) is 1.13. The highest BCUT2D eigenvalue weighted by atomic mass is 16.5. The predicted octanol–water partition coefficient (Wildman–Crippen LogP) is 1.90. The fourth-order valence-electron chi connectivity index (χ4n) is 4.07. The number of carboxylic acid groups (broad SMARTS) is 1. The van der Waals surface area contributed by atoms with Crippen LogP contribution in [0.1, 0.15) is 23.2 Å². The van der Waals surface area contributed by atoms with Crippen LogP contribution in [0.2, 0.25) is 0 Å². The lowest BCUT2D eigenvalue weighted by Gasteiger charge is -2.41. The van der Waals surface area contributed by atoms with Gasteiger partial charge in [-0.3, -0.25) is 9.20 Å². The normalized spacial score (nSPS) is 15.5. The number of fused-ring (bicyclic) bond motifs is 1. The van der Waals surface area contributed by atoms with E-state index in [9.17, 15) is 14.7 Å². The minimum absolute atomic E-state index is 0.214. The molecule has 1 saturated heterocycles. The number of aliphatic hydroxyl groups is 1. The van der Waals surface area contributed by atoms with Crippen LogP contribution in [0.3, 0.4) is 0 Å². The monoisotopic (exact) mass is 438 g/mol. The average Bonchev–Trinajstić information content (AvgIpc) is 3.27. The number of carbonyl (C=O) groups is 2. The summed E-state index contributed by atoms with van der Waals surface area (Å²) in [5.74, 6) is 0.141. The molecule has 0 unspecified atom stereocenters. The summed E-state index contributed by atoms with van der Waals surface area (Å²) in [4.78, 5) is 31.5. The molecule has 3 heterocycles. The molecule has 1 aliphatic heterocycles. The second-order valence-corrected chi connectivity index (χ2v) is 8.12. The van der Waals surface area contributed by atoms with Crippen LogP contribution in [-0.4, -0.2) is 75.3 Å². The van der Waals surface area contributed by atoms with Crippen LogP contribution in [0.25, 0.3) is 5.65 Å². The largest absolute Gasteiger partial charge is 0.482 e. The van der Waals surface area contributed by atoms with Gasteiger partial charge in [0, 0.05) is 44.6 Å². The topological polar surface area (TPSA) is 108 Å². The summed E-state index contributed by atoms with van der Waals surface area (Å²) in [6, 6.07) is 12.3. The molecule has 0 bridgehead atoms. The number of aliphatic carboxylic acids is 1. The first-order valence-electron chi connectivity index (χ1n) is 10.4. The lowest BCUT2D eigenvalue weighted by molar-refractivity contribution is -0.139. The Hall–Kier alpha value is -3.59. The smallest absolute Gasteiger partial charge is 0.341 e. The van der Waals surface area contributed by atoms with Crippen molar-refractivity contribution < 1.29 is 24.5 Å². The fraction of sp³-hybridized carbons (Fsp3) is 0.348. The average molecular weight is 438 g/mol. The van der Waals surface area contributed by atoms with Crippen molar-refractivity contribution in [2.45, 2.75) is 18.4 Å². The Morgan fingerprint density at radius 1 is 1.16 bits per heavy atom. The number of pyridine rings is 1. The third-order valence-corrected chi connectivity index (χ3v) is 5.77. The zero-order valence-corrected chi connectivity index (χ0v) is 17.8. The SMILES string of the molecule is CN(CC1(O)CCN(c2cccc3nccn23)CC1)C(=O)c1ccc(OCC(=O)O)cc1. The van der Waals surface area contributed by atoms with E-state index in [2.05, 4.69) is 9.88 Å². The minimum Gasteiger partial charge on any atom is -0.482 e. The third kappa shape index (κ3) is 4.67. The standard InChI is InChI=1S/C23H26N4O5/c1-25(22(30)17-5-7-18(8-6-17)32-15-21(28)29)16-23(31)9-12-26(13-10-23)20-4-2-3-19-24-11-14-27(19)20/h2-8,11,14,31H,9-10,12-13,15-16H2,1H3,(H,28,29). The Morgan fingerprint density at radius 2 is 1.88 bits per heavy atom. The van der Waals surface area contributed by atoms with Crippen LogP contribution in [0.5, 0.6) is 5.75 Å². The van der Waals surface area contributed by atoms with Gasteiger partial charge in [0.05, 0.1) is 5.60 Å². The van der Waals surface area contributed by atoms with E-state index in [4.69, 9.17) is 9.84 Å². The highest BCUT2D eigenvalue weighted by Crippen LogP contribution is 2.28. The number of aromatic nitrogens is 2. The number of carboxylic acids is 1. The summed E-state index contributed by atoms with van der Waals surface area (Å²) in [5, 5.41) is 19.8. The van der Waals surface area contributed by atoms with Crippen LogP contribution in [0, 0.1) is 0 Å². The van der Waals surface area contributed by atoms with Gasteiger partial charge in [0.25, 0.3) is 5.91 Å².